The Morgan fingerprint density at radius 2 is 1.75 bits per heavy atom. The molecule has 1 N–H and O–H groups in total. The van der Waals surface area contributed by atoms with Crippen LogP contribution in [-0.2, 0) is 16.1 Å². The Kier molecular flexibility index (Phi) is 7.01. The normalized spacial score (nSPS) is 23.2. The number of aliphatic carboxylic acids is 1. The van der Waals surface area contributed by atoms with E-state index in [1.807, 2.05) is 0 Å². The first-order valence-electron chi connectivity index (χ1n) is 9.94. The zero-order valence-electron chi connectivity index (χ0n) is 17.1. The Balaban J connectivity index is 0.000000360. The second kappa shape index (κ2) is 9.39. The van der Waals surface area contributed by atoms with Crippen LogP contribution in [0.1, 0.15) is 36.2 Å². The second-order valence-electron chi connectivity index (χ2n) is 7.79. The van der Waals surface area contributed by atoms with E-state index in [2.05, 4.69) is 17.0 Å². The number of esters is 1. The van der Waals surface area contributed by atoms with Gasteiger partial charge in [-0.3, -0.25) is 4.68 Å². The summed E-state index contributed by atoms with van der Waals surface area (Å²) >= 11 is 0. The molecule has 2 unspecified atom stereocenters. The van der Waals surface area contributed by atoms with Gasteiger partial charge >= 0.3 is 18.1 Å². The molecule has 1 aromatic carbocycles. The number of carbonyl (C=O) groups is 2. The number of alkyl halides is 5. The standard InChI is InChI=1S/C18H21F2N3O2.C2HF3O2/c1-22-11-6-7-12(22)9-13(8-11)25-18(24)17-14-4-2-3-5-15(14)23(21-17)10-16(19)20;3-2(4,5)1(6)7/h2-5,11-13,16H,6-10H2,1H3;(H,6,7). The highest BCUT2D eigenvalue weighted by Gasteiger charge is 2.40. The van der Waals surface area contributed by atoms with E-state index in [1.165, 1.54) is 4.68 Å². The maximum Gasteiger partial charge on any atom is 0.490 e. The summed E-state index contributed by atoms with van der Waals surface area (Å²) < 4.78 is 64.2. The lowest BCUT2D eigenvalue weighted by Gasteiger charge is -2.35. The first-order chi connectivity index (χ1) is 15.0. The van der Waals surface area contributed by atoms with E-state index in [9.17, 15) is 26.7 Å². The monoisotopic (exact) mass is 463 g/mol. The number of nitrogens with zero attached hydrogens (tertiary/aromatic N) is 3. The summed E-state index contributed by atoms with van der Waals surface area (Å²) in [6.45, 7) is -0.536. The van der Waals surface area contributed by atoms with Gasteiger partial charge in [0.1, 0.15) is 12.6 Å². The highest BCUT2D eigenvalue weighted by Crippen LogP contribution is 2.36. The number of benzene rings is 1. The van der Waals surface area contributed by atoms with Crippen LogP contribution in [0.25, 0.3) is 10.9 Å². The van der Waals surface area contributed by atoms with Crippen LogP contribution in [0, 0.1) is 0 Å². The van der Waals surface area contributed by atoms with Crippen molar-refractivity contribution in [1.82, 2.24) is 14.7 Å². The highest BCUT2D eigenvalue weighted by molar-refractivity contribution is 6.02. The average molecular weight is 463 g/mol. The first kappa shape index (κ1) is 23.9. The van der Waals surface area contributed by atoms with Crippen LogP contribution < -0.4 is 0 Å². The van der Waals surface area contributed by atoms with Crippen molar-refractivity contribution >= 4 is 22.8 Å². The van der Waals surface area contributed by atoms with Crippen molar-refractivity contribution in [3.63, 3.8) is 0 Å². The molecule has 0 saturated carbocycles. The Morgan fingerprint density at radius 3 is 2.28 bits per heavy atom. The fourth-order valence-corrected chi connectivity index (χ4v) is 4.21. The number of fused-ring (bicyclic) bond motifs is 3. The SMILES string of the molecule is CN1C2CCC1CC(OC(=O)c1nn(CC(F)F)c3ccccc13)C2.O=C(O)C(F)(F)F. The van der Waals surface area contributed by atoms with E-state index in [0.29, 0.717) is 23.0 Å². The van der Waals surface area contributed by atoms with Gasteiger partial charge in [0.25, 0.3) is 6.43 Å². The molecule has 0 radical (unpaired) electrons. The third kappa shape index (κ3) is 5.34. The summed E-state index contributed by atoms with van der Waals surface area (Å²) in [7, 11) is 2.12. The van der Waals surface area contributed by atoms with E-state index in [-0.39, 0.29) is 11.8 Å². The lowest BCUT2D eigenvalue weighted by molar-refractivity contribution is -0.192. The first-order valence-corrected chi connectivity index (χ1v) is 9.94. The van der Waals surface area contributed by atoms with Gasteiger partial charge in [-0.2, -0.15) is 18.3 Å². The number of ether oxygens (including phenoxy) is 1. The Bertz CT molecular complexity index is 964. The van der Waals surface area contributed by atoms with E-state index in [1.54, 1.807) is 24.3 Å². The predicted octanol–water partition coefficient (Wildman–Crippen LogP) is 3.72. The number of carboxylic acid groups (broad SMARTS) is 1. The molecule has 2 saturated heterocycles. The van der Waals surface area contributed by atoms with Gasteiger partial charge in [0.05, 0.1) is 5.52 Å². The minimum Gasteiger partial charge on any atom is -0.475 e. The van der Waals surface area contributed by atoms with Crippen LogP contribution in [0.2, 0.25) is 0 Å². The van der Waals surface area contributed by atoms with Crippen LogP contribution in [0.5, 0.6) is 0 Å². The van der Waals surface area contributed by atoms with Crippen LogP contribution in [0.3, 0.4) is 0 Å². The summed E-state index contributed by atoms with van der Waals surface area (Å²) in [6, 6.07) is 7.85. The third-order valence-electron chi connectivity index (χ3n) is 5.73. The number of carbonyl (C=O) groups excluding carboxylic acids is 1. The van der Waals surface area contributed by atoms with Crippen molar-refractivity contribution in [2.45, 2.75) is 63.0 Å². The van der Waals surface area contributed by atoms with E-state index < -0.39 is 31.1 Å². The molecule has 0 spiro atoms. The zero-order chi connectivity index (χ0) is 23.6. The number of para-hydroxylation sites is 1. The maximum absolute atomic E-state index is 12.8. The Labute approximate surface area is 179 Å². The number of rotatable bonds is 4. The number of carboxylic acids is 1. The topological polar surface area (TPSA) is 84.7 Å². The summed E-state index contributed by atoms with van der Waals surface area (Å²) in [5.41, 5.74) is 0.653. The van der Waals surface area contributed by atoms with E-state index in [0.717, 1.165) is 25.7 Å². The summed E-state index contributed by atoms with van der Waals surface area (Å²) in [6.07, 6.45) is -3.80. The number of hydrogen-bond acceptors (Lipinski definition) is 5. The second-order valence-corrected chi connectivity index (χ2v) is 7.79. The molecule has 2 aliphatic heterocycles. The average Bonchev–Trinajstić information content (AvgIpc) is 3.14. The van der Waals surface area contributed by atoms with Crippen molar-refractivity contribution < 1.29 is 41.4 Å². The number of piperidine rings is 1. The minimum atomic E-state index is -5.08. The van der Waals surface area contributed by atoms with E-state index in [4.69, 9.17) is 14.6 Å². The maximum atomic E-state index is 12.8. The molecule has 2 atom stereocenters. The molecule has 0 amide bonds. The van der Waals surface area contributed by atoms with Gasteiger partial charge in [-0.1, -0.05) is 18.2 Å². The Morgan fingerprint density at radius 1 is 1.19 bits per heavy atom. The summed E-state index contributed by atoms with van der Waals surface area (Å²) in [5, 5.41) is 11.8. The van der Waals surface area contributed by atoms with Crippen LogP contribution >= 0.6 is 0 Å². The van der Waals surface area contributed by atoms with Gasteiger partial charge in [-0.15, -0.1) is 0 Å². The molecule has 2 bridgehead atoms. The van der Waals surface area contributed by atoms with Crippen molar-refractivity contribution in [3.8, 4) is 0 Å². The van der Waals surface area contributed by atoms with Gasteiger partial charge < -0.3 is 14.7 Å². The lowest BCUT2D eigenvalue weighted by atomic mass is 10.0. The number of aromatic nitrogens is 2. The van der Waals surface area contributed by atoms with Crippen LogP contribution in [0.15, 0.2) is 24.3 Å². The molecule has 4 rings (SSSR count). The molecule has 12 heteroatoms. The summed E-state index contributed by atoms with van der Waals surface area (Å²) in [4.78, 5) is 23.9. The van der Waals surface area contributed by atoms with Crippen molar-refractivity contribution in [2.75, 3.05) is 7.05 Å². The molecule has 176 valence electrons. The third-order valence-corrected chi connectivity index (χ3v) is 5.73. The molecule has 0 aliphatic carbocycles. The number of hydrogen-bond donors (Lipinski definition) is 1. The minimum absolute atomic E-state index is 0.125. The van der Waals surface area contributed by atoms with Gasteiger partial charge in [0, 0.05) is 30.3 Å². The van der Waals surface area contributed by atoms with Crippen molar-refractivity contribution in [1.29, 1.82) is 0 Å². The van der Waals surface area contributed by atoms with Crippen LogP contribution in [0.4, 0.5) is 22.0 Å². The molecular formula is C20H22F5N3O4. The molecule has 32 heavy (non-hydrogen) atoms. The predicted molar refractivity (Wildman–Crippen MR) is 102 cm³/mol. The summed E-state index contributed by atoms with van der Waals surface area (Å²) in [5.74, 6) is -3.27. The number of halogens is 5. The fraction of sp³-hybridized carbons (Fsp3) is 0.550. The molecule has 2 aliphatic rings. The largest absolute Gasteiger partial charge is 0.490 e. The van der Waals surface area contributed by atoms with Crippen molar-refractivity contribution in [2.24, 2.45) is 0 Å². The van der Waals surface area contributed by atoms with E-state index >= 15 is 0 Å². The quantitative estimate of drug-likeness (QED) is 0.550. The molecule has 7 nitrogen and oxygen atoms in total. The Hall–Kier alpha value is -2.76. The molecule has 3 heterocycles. The van der Waals surface area contributed by atoms with Gasteiger partial charge in [-0.05, 0) is 26.0 Å². The van der Waals surface area contributed by atoms with Gasteiger partial charge in [0.2, 0.25) is 0 Å². The van der Waals surface area contributed by atoms with Crippen molar-refractivity contribution in [3.05, 3.63) is 30.0 Å². The smallest absolute Gasteiger partial charge is 0.475 e. The van der Waals surface area contributed by atoms with Gasteiger partial charge in [-0.25, -0.2) is 18.4 Å². The molecule has 2 fully saturated rings. The van der Waals surface area contributed by atoms with Crippen LogP contribution in [-0.4, -0.2) is 69.6 Å². The zero-order valence-corrected chi connectivity index (χ0v) is 17.1. The molecule has 1 aromatic heterocycles. The molecule has 2 aromatic rings. The fourth-order valence-electron chi connectivity index (χ4n) is 4.21. The lowest BCUT2D eigenvalue weighted by Crippen LogP contribution is -2.43. The van der Waals surface area contributed by atoms with Gasteiger partial charge in [0.15, 0.2) is 5.69 Å². The molecular weight excluding hydrogens is 441 g/mol. The highest BCUT2D eigenvalue weighted by atomic mass is 19.4.